The fourth-order valence-corrected chi connectivity index (χ4v) is 4.42. The summed E-state index contributed by atoms with van der Waals surface area (Å²) in [6.07, 6.45) is 15.2. The van der Waals surface area contributed by atoms with Crippen molar-refractivity contribution in [2.45, 2.75) is 84.0 Å². The van der Waals surface area contributed by atoms with E-state index < -0.39 is 7.82 Å². The zero-order valence-electron chi connectivity index (χ0n) is 20.7. The van der Waals surface area contributed by atoms with E-state index in [9.17, 15) is 9.46 Å². The summed E-state index contributed by atoms with van der Waals surface area (Å²) >= 11 is 0. The molecule has 0 spiro atoms. The maximum Gasteiger partial charge on any atom is 0.585 e. The Balaban J connectivity index is 1.70. The Morgan fingerprint density at radius 2 is 1.47 bits per heavy atom. The smallest absolute Gasteiger partial charge is 0.497 e. The molecule has 0 saturated heterocycles. The number of hydrogen-bond donors (Lipinski definition) is 1. The zero-order chi connectivity index (χ0) is 24.5. The maximum atomic E-state index is 12.5. The lowest BCUT2D eigenvalue weighted by atomic mass is 10.1. The predicted octanol–water partition coefficient (Wildman–Crippen LogP) is 8.13. The van der Waals surface area contributed by atoms with E-state index in [-0.39, 0.29) is 11.5 Å². The maximum absolute atomic E-state index is 12.5. The first kappa shape index (κ1) is 28.1. The number of unbranched alkanes of at least 4 members (excludes halogenated alkanes) is 11. The van der Waals surface area contributed by atoms with E-state index >= 15 is 0 Å². The fourth-order valence-electron chi connectivity index (χ4n) is 3.63. The highest BCUT2D eigenvalue weighted by molar-refractivity contribution is 7.48. The van der Waals surface area contributed by atoms with Crippen LogP contribution in [0.15, 0.2) is 42.5 Å². The lowest BCUT2D eigenvalue weighted by Crippen LogP contribution is -2.03. The van der Waals surface area contributed by atoms with Crippen molar-refractivity contribution in [2.75, 3.05) is 13.7 Å². The number of methoxy groups -OCH3 is 1. The lowest BCUT2D eigenvalue weighted by Gasteiger charge is -2.17. The molecule has 189 valence electrons. The van der Waals surface area contributed by atoms with Gasteiger partial charge >= 0.3 is 7.82 Å². The molecule has 2 aromatic carbocycles. The summed E-state index contributed by atoms with van der Waals surface area (Å²) in [6.45, 7) is 2.76. The van der Waals surface area contributed by atoms with Gasteiger partial charge in [0, 0.05) is 12.1 Å². The van der Waals surface area contributed by atoms with Crippen LogP contribution >= 0.6 is 7.82 Å². The Bertz CT molecular complexity index is 842. The molecule has 34 heavy (non-hydrogen) atoms. The molecule has 2 aromatic rings. The number of phosphoric acid groups is 1. The van der Waals surface area contributed by atoms with Crippen LogP contribution in [0.25, 0.3) is 0 Å². The Kier molecular flexibility index (Phi) is 13.6. The molecule has 0 heterocycles. The molecule has 0 aliphatic rings. The van der Waals surface area contributed by atoms with Gasteiger partial charge in [0.15, 0.2) is 11.5 Å². The van der Waals surface area contributed by atoms with Gasteiger partial charge in [0.2, 0.25) is 0 Å². The van der Waals surface area contributed by atoms with E-state index in [1.54, 1.807) is 30.3 Å². The normalized spacial score (nSPS) is 12.7. The second-order valence-corrected chi connectivity index (χ2v) is 9.73. The largest absolute Gasteiger partial charge is 0.585 e. The van der Waals surface area contributed by atoms with E-state index in [4.69, 9.17) is 18.5 Å². The average molecular weight is 492 g/mol. The third-order valence-electron chi connectivity index (χ3n) is 5.51. The van der Waals surface area contributed by atoms with Crippen LogP contribution in [-0.2, 0) is 4.57 Å². The summed E-state index contributed by atoms with van der Waals surface area (Å²) < 4.78 is 33.9. The van der Waals surface area contributed by atoms with Gasteiger partial charge in [-0.15, -0.1) is 0 Å². The van der Waals surface area contributed by atoms with Crippen molar-refractivity contribution in [1.29, 1.82) is 0 Å². The minimum absolute atomic E-state index is 0.0973. The molecule has 0 amide bonds. The fraction of sp³-hybridized carbons (Fsp3) is 0.556. The summed E-state index contributed by atoms with van der Waals surface area (Å²) in [4.78, 5) is 10.2. The van der Waals surface area contributed by atoms with Crippen molar-refractivity contribution in [1.82, 2.24) is 0 Å². The minimum atomic E-state index is -4.43. The number of hydrogen-bond acceptors (Lipinski definition) is 5. The Morgan fingerprint density at radius 3 is 2.06 bits per heavy atom. The second kappa shape index (κ2) is 16.5. The molecule has 0 aliphatic carbocycles. The predicted molar refractivity (Wildman–Crippen MR) is 136 cm³/mol. The van der Waals surface area contributed by atoms with Gasteiger partial charge in [-0.3, -0.25) is 4.89 Å². The van der Waals surface area contributed by atoms with Gasteiger partial charge in [0.1, 0.15) is 11.5 Å². The van der Waals surface area contributed by atoms with Crippen LogP contribution in [0, 0.1) is 6.07 Å². The van der Waals surface area contributed by atoms with Crippen molar-refractivity contribution >= 4 is 7.82 Å². The molecule has 1 N–H and O–H groups in total. The minimum Gasteiger partial charge on any atom is -0.497 e. The number of phosphoric ester groups is 1. The first-order valence-corrected chi connectivity index (χ1v) is 14.0. The van der Waals surface area contributed by atoms with Crippen LogP contribution in [0.5, 0.6) is 23.0 Å². The SMILES string of the molecule is CCCCCCCCCCCCCCOc1ccc(OC)cc1OP(=O)(O)Oc1[c]cccc1. The standard InChI is InChI=1S/C27H40O6P/c1-3-4-5-6-7-8-9-10-11-12-13-17-22-31-26-21-20-25(30-2)23-27(26)33-34(28,29)32-24-18-15-14-16-19-24/h14-16,18,20-21,23H,3-13,17,22H2,1-2H3,(H,28,29). The highest BCUT2D eigenvalue weighted by Gasteiger charge is 2.27. The number of ether oxygens (including phenoxy) is 2. The first-order valence-electron chi connectivity index (χ1n) is 12.5. The molecule has 1 unspecified atom stereocenters. The third-order valence-corrected chi connectivity index (χ3v) is 6.37. The van der Waals surface area contributed by atoms with E-state index in [2.05, 4.69) is 13.0 Å². The first-order chi connectivity index (χ1) is 16.5. The molecule has 0 fully saturated rings. The monoisotopic (exact) mass is 491 g/mol. The molecule has 1 atom stereocenters. The van der Waals surface area contributed by atoms with Gasteiger partial charge in [-0.05, 0) is 24.6 Å². The van der Waals surface area contributed by atoms with Crippen LogP contribution in [-0.4, -0.2) is 18.6 Å². The van der Waals surface area contributed by atoms with Crippen LogP contribution in [0.3, 0.4) is 0 Å². The van der Waals surface area contributed by atoms with Crippen molar-refractivity contribution in [2.24, 2.45) is 0 Å². The van der Waals surface area contributed by atoms with Crippen molar-refractivity contribution in [3.05, 3.63) is 48.5 Å². The number of benzene rings is 2. The second-order valence-electron chi connectivity index (χ2n) is 8.43. The molecule has 0 aliphatic heterocycles. The summed E-state index contributed by atoms with van der Waals surface area (Å²) in [7, 11) is -2.92. The van der Waals surface area contributed by atoms with Crippen LogP contribution in [0.4, 0.5) is 0 Å². The molecular formula is C27H40O6P. The van der Waals surface area contributed by atoms with Crippen LogP contribution in [0.2, 0.25) is 0 Å². The highest BCUT2D eigenvalue weighted by atomic mass is 31.2. The lowest BCUT2D eigenvalue weighted by molar-refractivity contribution is 0.266. The molecule has 7 heteroatoms. The molecule has 2 rings (SSSR count). The topological polar surface area (TPSA) is 74.2 Å². The van der Waals surface area contributed by atoms with E-state index in [0.717, 1.165) is 12.8 Å². The third kappa shape index (κ3) is 11.8. The highest BCUT2D eigenvalue weighted by Crippen LogP contribution is 2.47. The van der Waals surface area contributed by atoms with Gasteiger partial charge < -0.3 is 18.5 Å². The van der Waals surface area contributed by atoms with Gasteiger partial charge in [-0.2, -0.15) is 0 Å². The Hall–Kier alpha value is -2.17. The van der Waals surface area contributed by atoms with E-state index in [1.165, 1.54) is 83.5 Å². The van der Waals surface area contributed by atoms with Crippen LogP contribution in [0.1, 0.15) is 84.0 Å². The molecular weight excluding hydrogens is 451 g/mol. The summed E-state index contributed by atoms with van der Waals surface area (Å²) in [6, 6.07) is 14.2. The summed E-state index contributed by atoms with van der Waals surface area (Å²) in [5.41, 5.74) is 0. The summed E-state index contributed by atoms with van der Waals surface area (Å²) in [5.74, 6) is 1.08. The van der Waals surface area contributed by atoms with E-state index in [1.807, 2.05) is 0 Å². The van der Waals surface area contributed by atoms with Crippen molar-refractivity contribution in [3.63, 3.8) is 0 Å². The molecule has 0 bridgehead atoms. The summed E-state index contributed by atoms with van der Waals surface area (Å²) in [5, 5.41) is 0. The average Bonchev–Trinajstić information content (AvgIpc) is 2.83. The molecule has 0 aromatic heterocycles. The molecule has 6 nitrogen and oxygen atoms in total. The van der Waals surface area contributed by atoms with E-state index in [0.29, 0.717) is 18.1 Å². The van der Waals surface area contributed by atoms with Gasteiger partial charge in [-0.1, -0.05) is 95.8 Å². The zero-order valence-corrected chi connectivity index (χ0v) is 21.6. The Morgan fingerprint density at radius 1 is 0.824 bits per heavy atom. The van der Waals surface area contributed by atoms with Crippen molar-refractivity contribution in [3.8, 4) is 23.0 Å². The van der Waals surface area contributed by atoms with Gasteiger partial charge in [0.25, 0.3) is 0 Å². The van der Waals surface area contributed by atoms with Gasteiger partial charge in [-0.25, -0.2) is 4.57 Å². The quantitative estimate of drug-likeness (QED) is 0.158. The number of para-hydroxylation sites is 1. The molecule has 0 saturated carbocycles. The van der Waals surface area contributed by atoms with Crippen LogP contribution < -0.4 is 18.5 Å². The Labute approximate surface area is 205 Å². The van der Waals surface area contributed by atoms with Gasteiger partial charge in [0.05, 0.1) is 13.7 Å². The van der Waals surface area contributed by atoms with Crippen molar-refractivity contribution < 1.29 is 28.0 Å². The number of rotatable bonds is 19. The molecule has 1 radical (unpaired) electrons.